The molecule has 13 heteroatoms. The number of carbonyl (C=O) groups is 2. The number of unbranched alkanes of at least 4 members (excludes halogenated alkanes) is 1. The van der Waals surface area contributed by atoms with Crippen LogP contribution in [-0.2, 0) is 14.6 Å². The Morgan fingerprint density at radius 3 is 2.31 bits per heavy atom. The van der Waals surface area contributed by atoms with Crippen LogP contribution in [0.15, 0.2) is 35.2 Å². The molecule has 0 aliphatic heterocycles. The van der Waals surface area contributed by atoms with E-state index in [-0.39, 0.29) is 58.3 Å². The van der Waals surface area contributed by atoms with Gasteiger partial charge in [0.1, 0.15) is 0 Å². The van der Waals surface area contributed by atoms with Crippen LogP contribution in [0.25, 0.3) is 0 Å². The number of rotatable bonds is 10. The van der Waals surface area contributed by atoms with Gasteiger partial charge in [-0.15, -0.1) is 0 Å². The van der Waals surface area contributed by atoms with Crippen LogP contribution < -0.4 is 16.4 Å². The molecule has 0 radical (unpaired) electrons. The Kier molecular flexibility index (Phi) is 8.60. The maximum absolute atomic E-state index is 13.5. The van der Waals surface area contributed by atoms with Crippen molar-refractivity contribution in [3.8, 4) is 0 Å². The number of carbonyl (C=O) groups excluding carboxylic acids is 2. The smallest absolute Gasteiger partial charge is 0.255 e. The maximum atomic E-state index is 13.5. The van der Waals surface area contributed by atoms with Crippen molar-refractivity contribution in [3.63, 3.8) is 0 Å². The highest BCUT2D eigenvalue weighted by atomic mass is 35.5. The molecule has 3 aliphatic carbocycles. The van der Waals surface area contributed by atoms with Gasteiger partial charge in [-0.2, -0.15) is 0 Å². The lowest BCUT2D eigenvalue weighted by molar-refractivity contribution is -0.174. The van der Waals surface area contributed by atoms with E-state index in [9.17, 15) is 36.3 Å². The van der Waals surface area contributed by atoms with Gasteiger partial charge in [0.05, 0.1) is 20.8 Å². The first-order valence-corrected chi connectivity index (χ1v) is 14.5. The zero-order valence-electron chi connectivity index (χ0n) is 20.9. The number of sulfone groups is 1. The number of fused-ring (bicyclic) bond motifs is 2. The SMILES string of the molecule is NCCCCC(=O)NCC1(O)C2CC1CC(S(=O)(=O)c1cc(C(=O)Nc3cc(F)c(F)c(F)c3)ccc1Cl)C2. The molecule has 0 aromatic heterocycles. The minimum absolute atomic E-state index is 0.0392. The molecule has 0 spiro atoms. The van der Waals surface area contributed by atoms with Crippen molar-refractivity contribution in [3.05, 3.63) is 58.4 Å². The fraction of sp³-hybridized carbons (Fsp3) is 0.462. The first-order valence-electron chi connectivity index (χ1n) is 12.5. The minimum Gasteiger partial charge on any atom is -0.387 e. The molecule has 39 heavy (non-hydrogen) atoms. The maximum Gasteiger partial charge on any atom is 0.255 e. The van der Waals surface area contributed by atoms with E-state index in [0.717, 1.165) is 12.5 Å². The second-order valence-electron chi connectivity index (χ2n) is 10.1. The van der Waals surface area contributed by atoms with E-state index >= 15 is 0 Å². The summed E-state index contributed by atoms with van der Waals surface area (Å²) in [5.41, 5.74) is 3.75. The second-order valence-corrected chi connectivity index (χ2v) is 12.7. The second kappa shape index (κ2) is 11.4. The Hall–Kier alpha value is -2.67. The van der Waals surface area contributed by atoms with Gasteiger partial charge in [0.2, 0.25) is 5.91 Å². The van der Waals surface area contributed by atoms with Crippen LogP contribution in [0, 0.1) is 29.3 Å². The van der Waals surface area contributed by atoms with Gasteiger partial charge in [-0.1, -0.05) is 11.6 Å². The molecule has 2 atom stereocenters. The third-order valence-electron chi connectivity index (χ3n) is 7.68. The molecule has 3 saturated carbocycles. The highest BCUT2D eigenvalue weighted by Crippen LogP contribution is 2.55. The van der Waals surface area contributed by atoms with E-state index in [1.807, 2.05) is 0 Å². The monoisotopic (exact) mass is 587 g/mol. The highest BCUT2D eigenvalue weighted by Gasteiger charge is 2.60. The summed E-state index contributed by atoms with van der Waals surface area (Å²) in [7, 11) is -4.03. The molecule has 2 bridgehead atoms. The van der Waals surface area contributed by atoms with E-state index in [1.165, 1.54) is 12.1 Å². The predicted molar refractivity (Wildman–Crippen MR) is 138 cm³/mol. The largest absolute Gasteiger partial charge is 0.387 e. The van der Waals surface area contributed by atoms with Crippen molar-refractivity contribution in [1.29, 1.82) is 0 Å². The first kappa shape index (κ1) is 29.3. The summed E-state index contributed by atoms with van der Waals surface area (Å²) in [6.07, 6.45) is 2.60. The summed E-state index contributed by atoms with van der Waals surface area (Å²) >= 11 is 6.21. The number of nitrogens with two attached hydrogens (primary N) is 1. The summed E-state index contributed by atoms with van der Waals surface area (Å²) in [5, 5.41) is 15.1. The summed E-state index contributed by atoms with van der Waals surface area (Å²) in [6, 6.07) is 4.76. The predicted octanol–water partition coefficient (Wildman–Crippen LogP) is 3.56. The zero-order valence-corrected chi connectivity index (χ0v) is 22.4. The van der Waals surface area contributed by atoms with Crippen LogP contribution in [-0.4, -0.2) is 49.3 Å². The van der Waals surface area contributed by atoms with E-state index in [4.69, 9.17) is 17.3 Å². The Bertz CT molecular complexity index is 1360. The Balaban J connectivity index is 1.45. The van der Waals surface area contributed by atoms with Gasteiger partial charge in [-0.3, -0.25) is 9.59 Å². The van der Waals surface area contributed by atoms with Gasteiger partial charge in [0.15, 0.2) is 27.3 Å². The number of anilines is 1. The van der Waals surface area contributed by atoms with Crippen LogP contribution in [0.2, 0.25) is 5.02 Å². The highest BCUT2D eigenvalue weighted by molar-refractivity contribution is 7.92. The van der Waals surface area contributed by atoms with Gasteiger partial charge >= 0.3 is 0 Å². The van der Waals surface area contributed by atoms with E-state index in [2.05, 4.69) is 10.6 Å². The number of hydrogen-bond acceptors (Lipinski definition) is 6. The molecule has 2 unspecified atom stereocenters. The van der Waals surface area contributed by atoms with Crippen molar-refractivity contribution < 1.29 is 36.3 Å². The molecular formula is C26H29ClF3N3O5S. The normalized spacial score (nSPS) is 24.1. The topological polar surface area (TPSA) is 139 Å². The fourth-order valence-corrected chi connectivity index (χ4v) is 7.83. The molecule has 5 N–H and O–H groups in total. The summed E-state index contributed by atoms with van der Waals surface area (Å²) in [4.78, 5) is 24.5. The standard InChI is InChI=1S/C26H29ClF3N3O5S/c27-19-5-4-14(25(35)33-17-11-20(28)24(30)21(29)12-17)7-22(19)39(37,38)18-9-15-8-16(10-18)26(15,36)13-32-23(34)3-1-2-6-31/h4-5,7,11-12,15-16,18,36H,1-3,6,8-10,13,31H2,(H,32,34)(H,33,35). The third-order valence-corrected chi connectivity index (χ3v) is 10.3. The van der Waals surface area contributed by atoms with E-state index in [1.54, 1.807) is 0 Å². The molecule has 212 valence electrons. The molecule has 8 nitrogen and oxygen atoms in total. The number of amides is 2. The number of benzene rings is 2. The van der Waals surface area contributed by atoms with Gasteiger partial charge < -0.3 is 21.5 Å². The molecule has 2 amide bonds. The summed E-state index contributed by atoms with van der Waals surface area (Å²) in [5.74, 6) is -6.42. The summed E-state index contributed by atoms with van der Waals surface area (Å²) < 4.78 is 67.3. The van der Waals surface area contributed by atoms with Crippen molar-refractivity contribution in [2.75, 3.05) is 18.4 Å². The molecule has 3 aliphatic rings. The van der Waals surface area contributed by atoms with Crippen LogP contribution in [0.4, 0.5) is 18.9 Å². The van der Waals surface area contributed by atoms with Crippen LogP contribution in [0.1, 0.15) is 48.9 Å². The van der Waals surface area contributed by atoms with E-state index in [0.29, 0.717) is 37.9 Å². The Labute approximate surface area is 229 Å². The van der Waals surface area contributed by atoms with E-state index < -0.39 is 44.0 Å². The quantitative estimate of drug-likeness (QED) is 0.248. The average molecular weight is 588 g/mol. The molecule has 0 saturated heterocycles. The molecular weight excluding hydrogens is 559 g/mol. The van der Waals surface area contributed by atoms with Crippen molar-refractivity contribution in [2.24, 2.45) is 17.6 Å². The van der Waals surface area contributed by atoms with Crippen molar-refractivity contribution in [2.45, 2.75) is 54.3 Å². The molecule has 5 rings (SSSR count). The van der Waals surface area contributed by atoms with Crippen LogP contribution >= 0.6 is 11.6 Å². The molecule has 2 aromatic rings. The Morgan fingerprint density at radius 1 is 1.05 bits per heavy atom. The number of nitrogens with one attached hydrogen (secondary N) is 2. The molecule has 3 fully saturated rings. The lowest BCUT2D eigenvalue weighted by atomic mass is 9.53. The van der Waals surface area contributed by atoms with Gasteiger partial charge in [-0.25, -0.2) is 21.6 Å². The lowest BCUT2D eigenvalue weighted by Gasteiger charge is -2.58. The first-order chi connectivity index (χ1) is 18.4. The van der Waals surface area contributed by atoms with Gasteiger partial charge in [-0.05, 0) is 68.7 Å². The summed E-state index contributed by atoms with van der Waals surface area (Å²) in [6.45, 7) is 0.528. The number of aliphatic hydroxyl groups is 1. The number of halogens is 4. The van der Waals surface area contributed by atoms with Crippen LogP contribution in [0.3, 0.4) is 0 Å². The third kappa shape index (κ3) is 5.93. The average Bonchev–Trinajstić information content (AvgIpc) is 2.90. The number of hydrogen-bond donors (Lipinski definition) is 4. The Morgan fingerprint density at radius 2 is 1.69 bits per heavy atom. The van der Waals surface area contributed by atoms with Gasteiger partial charge in [0.25, 0.3) is 5.91 Å². The van der Waals surface area contributed by atoms with Crippen LogP contribution in [0.5, 0.6) is 0 Å². The van der Waals surface area contributed by atoms with Crippen molar-refractivity contribution >= 4 is 38.9 Å². The lowest BCUT2D eigenvalue weighted by Crippen LogP contribution is -2.66. The van der Waals surface area contributed by atoms with Crippen molar-refractivity contribution in [1.82, 2.24) is 5.32 Å². The fourth-order valence-electron chi connectivity index (χ4n) is 5.43. The van der Waals surface area contributed by atoms with Gasteiger partial charge in [0, 0.05) is 36.3 Å². The minimum atomic E-state index is -4.03. The molecule has 2 aromatic carbocycles. The zero-order chi connectivity index (χ0) is 28.5. The molecule has 0 heterocycles.